The van der Waals surface area contributed by atoms with Crippen molar-refractivity contribution in [1.29, 1.82) is 0 Å². The molecule has 0 radical (unpaired) electrons. The third kappa shape index (κ3) is 4.71. The van der Waals surface area contributed by atoms with Gasteiger partial charge in [-0.05, 0) is 48.6 Å². The largest absolute Gasteiger partial charge is 0.370 e. The van der Waals surface area contributed by atoms with E-state index in [1.165, 1.54) is 5.56 Å². The van der Waals surface area contributed by atoms with Gasteiger partial charge in [0.25, 0.3) is 0 Å². The highest BCUT2D eigenvalue weighted by molar-refractivity contribution is 14.0. The van der Waals surface area contributed by atoms with Crippen molar-refractivity contribution in [2.75, 3.05) is 5.32 Å². The minimum Gasteiger partial charge on any atom is -0.370 e. The van der Waals surface area contributed by atoms with E-state index in [0.717, 1.165) is 12.8 Å². The monoisotopic (exact) mass is 462 g/mol. The van der Waals surface area contributed by atoms with Crippen LogP contribution in [0.5, 0.6) is 0 Å². The molecule has 1 aromatic heterocycles. The molecule has 7 heteroatoms. The highest BCUT2D eigenvalue weighted by atomic mass is 127. The lowest BCUT2D eigenvalue weighted by Gasteiger charge is -2.33. The minimum absolute atomic E-state index is 0. The van der Waals surface area contributed by atoms with Crippen molar-refractivity contribution in [1.82, 2.24) is 4.98 Å². The standard InChI is InChI=1S/C16H16Cl2N4.HI/c17-13-5-4-10(9-14(13)18)11-7-12(8-11)21-16(19)22-15-3-1-2-6-20-15;/h1-6,9,11-12H,7-8H2,(H3,19,20,21,22);1H. The topological polar surface area (TPSA) is 63.3 Å². The van der Waals surface area contributed by atoms with Crippen molar-refractivity contribution in [2.45, 2.75) is 24.8 Å². The first-order valence-electron chi connectivity index (χ1n) is 7.08. The fourth-order valence-electron chi connectivity index (χ4n) is 2.53. The number of benzene rings is 1. The average Bonchev–Trinajstić information content (AvgIpc) is 2.47. The fourth-order valence-corrected chi connectivity index (χ4v) is 2.84. The van der Waals surface area contributed by atoms with Crippen LogP contribution in [0.4, 0.5) is 5.82 Å². The molecular formula is C16H17Cl2IN4. The molecule has 0 unspecified atom stereocenters. The maximum absolute atomic E-state index is 6.05. The van der Waals surface area contributed by atoms with Crippen LogP contribution in [0.25, 0.3) is 0 Å². The number of rotatable bonds is 3. The molecule has 0 spiro atoms. The second-order valence-corrected chi connectivity index (χ2v) is 6.16. The Balaban J connectivity index is 0.00000192. The molecule has 3 rings (SSSR count). The lowest BCUT2D eigenvalue weighted by molar-refractivity contribution is 0.353. The minimum atomic E-state index is 0. The van der Waals surface area contributed by atoms with Crippen LogP contribution in [-0.4, -0.2) is 17.0 Å². The summed E-state index contributed by atoms with van der Waals surface area (Å²) in [5.74, 6) is 1.56. The number of nitrogens with one attached hydrogen (secondary N) is 1. The van der Waals surface area contributed by atoms with E-state index >= 15 is 0 Å². The van der Waals surface area contributed by atoms with Gasteiger partial charge in [-0.3, -0.25) is 0 Å². The summed E-state index contributed by atoms with van der Waals surface area (Å²) in [6, 6.07) is 11.6. The van der Waals surface area contributed by atoms with Gasteiger partial charge in [0.1, 0.15) is 5.82 Å². The van der Waals surface area contributed by atoms with E-state index in [1.807, 2.05) is 36.4 Å². The van der Waals surface area contributed by atoms with Gasteiger partial charge in [0.05, 0.1) is 16.1 Å². The second-order valence-electron chi connectivity index (χ2n) is 5.35. The van der Waals surface area contributed by atoms with Gasteiger partial charge in [0.2, 0.25) is 0 Å². The number of pyridine rings is 1. The summed E-state index contributed by atoms with van der Waals surface area (Å²) in [4.78, 5) is 8.63. The van der Waals surface area contributed by atoms with Gasteiger partial charge in [-0.1, -0.05) is 35.3 Å². The van der Waals surface area contributed by atoms with Crippen LogP contribution in [0.3, 0.4) is 0 Å². The van der Waals surface area contributed by atoms with Crippen LogP contribution < -0.4 is 11.1 Å². The van der Waals surface area contributed by atoms with E-state index in [1.54, 1.807) is 6.20 Å². The van der Waals surface area contributed by atoms with Gasteiger partial charge < -0.3 is 11.1 Å². The molecule has 0 bridgehead atoms. The van der Waals surface area contributed by atoms with E-state index in [-0.39, 0.29) is 30.0 Å². The molecule has 23 heavy (non-hydrogen) atoms. The zero-order chi connectivity index (χ0) is 15.5. The molecule has 1 aromatic carbocycles. The van der Waals surface area contributed by atoms with Crippen molar-refractivity contribution in [3.05, 3.63) is 58.2 Å². The van der Waals surface area contributed by atoms with E-state index in [2.05, 4.69) is 15.3 Å². The summed E-state index contributed by atoms with van der Waals surface area (Å²) in [7, 11) is 0. The smallest absolute Gasteiger partial charge is 0.194 e. The van der Waals surface area contributed by atoms with E-state index in [9.17, 15) is 0 Å². The van der Waals surface area contributed by atoms with Crippen LogP contribution in [0.1, 0.15) is 24.3 Å². The molecule has 1 heterocycles. The number of guanidine groups is 1. The van der Waals surface area contributed by atoms with Gasteiger partial charge in [-0.15, -0.1) is 24.0 Å². The Kier molecular flexibility index (Phi) is 6.50. The quantitative estimate of drug-likeness (QED) is 0.395. The predicted molar refractivity (Wildman–Crippen MR) is 107 cm³/mol. The molecule has 0 atom stereocenters. The molecular weight excluding hydrogens is 446 g/mol. The Morgan fingerprint density at radius 3 is 2.61 bits per heavy atom. The molecule has 1 aliphatic carbocycles. The number of anilines is 1. The van der Waals surface area contributed by atoms with Gasteiger partial charge in [-0.2, -0.15) is 0 Å². The van der Waals surface area contributed by atoms with Crippen molar-refractivity contribution in [3.8, 4) is 0 Å². The van der Waals surface area contributed by atoms with Gasteiger partial charge in [-0.25, -0.2) is 9.98 Å². The van der Waals surface area contributed by atoms with Crippen LogP contribution in [0.2, 0.25) is 10.0 Å². The van der Waals surface area contributed by atoms with E-state index < -0.39 is 0 Å². The molecule has 0 aliphatic heterocycles. The first-order valence-corrected chi connectivity index (χ1v) is 7.83. The Morgan fingerprint density at radius 2 is 1.96 bits per heavy atom. The molecule has 0 amide bonds. The molecule has 4 nitrogen and oxygen atoms in total. The van der Waals surface area contributed by atoms with Crippen molar-refractivity contribution < 1.29 is 0 Å². The molecule has 2 aromatic rings. The van der Waals surface area contributed by atoms with Gasteiger partial charge >= 0.3 is 0 Å². The molecule has 122 valence electrons. The zero-order valence-electron chi connectivity index (χ0n) is 12.2. The Hall–Kier alpha value is -1.05. The van der Waals surface area contributed by atoms with E-state index in [0.29, 0.717) is 27.7 Å². The number of hydrogen-bond acceptors (Lipinski definition) is 2. The van der Waals surface area contributed by atoms with Gasteiger partial charge in [0.15, 0.2) is 5.96 Å². The first kappa shape index (κ1) is 18.3. The molecule has 3 N–H and O–H groups in total. The maximum Gasteiger partial charge on any atom is 0.194 e. The number of nitrogens with two attached hydrogens (primary N) is 1. The van der Waals surface area contributed by atoms with Crippen LogP contribution in [-0.2, 0) is 0 Å². The fraction of sp³-hybridized carbons (Fsp3) is 0.250. The Bertz CT molecular complexity index is 688. The van der Waals surface area contributed by atoms with E-state index in [4.69, 9.17) is 28.9 Å². The highest BCUT2D eigenvalue weighted by Crippen LogP contribution is 2.40. The molecule has 1 saturated carbocycles. The number of nitrogens with zero attached hydrogens (tertiary/aromatic N) is 2. The lowest BCUT2D eigenvalue weighted by Crippen LogP contribution is -2.31. The summed E-state index contributed by atoms with van der Waals surface area (Å²) in [6.45, 7) is 0. The summed E-state index contributed by atoms with van der Waals surface area (Å²) in [6.07, 6.45) is 3.63. The normalized spacial score (nSPS) is 20.3. The third-order valence-electron chi connectivity index (χ3n) is 3.77. The van der Waals surface area contributed by atoms with Crippen LogP contribution >= 0.6 is 47.2 Å². The number of aliphatic imine (C=N–C) groups is 1. The Morgan fingerprint density at radius 1 is 1.17 bits per heavy atom. The van der Waals surface area contributed by atoms with Crippen molar-refractivity contribution in [3.63, 3.8) is 0 Å². The van der Waals surface area contributed by atoms with Crippen LogP contribution in [0.15, 0.2) is 47.6 Å². The Labute approximate surface area is 162 Å². The van der Waals surface area contributed by atoms with Crippen LogP contribution in [0, 0.1) is 0 Å². The first-order chi connectivity index (χ1) is 10.6. The van der Waals surface area contributed by atoms with Gasteiger partial charge in [0, 0.05) is 6.20 Å². The lowest BCUT2D eigenvalue weighted by atomic mass is 9.76. The van der Waals surface area contributed by atoms with Crippen molar-refractivity contribution in [2.24, 2.45) is 10.7 Å². The SMILES string of the molecule is I.NC(=NC1CC(c2ccc(Cl)c(Cl)c2)C1)Nc1ccccn1. The zero-order valence-corrected chi connectivity index (χ0v) is 16.1. The number of hydrogen-bond donors (Lipinski definition) is 2. The summed E-state index contributed by atoms with van der Waals surface area (Å²) >= 11 is 12.0. The third-order valence-corrected chi connectivity index (χ3v) is 4.51. The van der Waals surface area contributed by atoms with Crippen molar-refractivity contribution >= 4 is 59.0 Å². The summed E-state index contributed by atoms with van der Waals surface area (Å²) in [5, 5.41) is 4.18. The number of halogens is 3. The summed E-state index contributed by atoms with van der Waals surface area (Å²) in [5.41, 5.74) is 7.11. The molecule has 1 aliphatic rings. The highest BCUT2D eigenvalue weighted by Gasteiger charge is 2.30. The second kappa shape index (κ2) is 8.17. The molecule has 0 saturated heterocycles. The predicted octanol–water partition coefficient (Wildman–Crippen LogP) is 4.68. The molecule has 1 fully saturated rings. The number of aromatic nitrogens is 1. The maximum atomic E-state index is 6.05. The average molecular weight is 463 g/mol. The summed E-state index contributed by atoms with van der Waals surface area (Å²) < 4.78 is 0.